The van der Waals surface area contributed by atoms with E-state index in [1.165, 1.54) is 0 Å². The van der Waals surface area contributed by atoms with Gasteiger partial charge in [0.25, 0.3) is 0 Å². The maximum Gasteiger partial charge on any atom is 0.230 e. The number of amides is 1. The van der Waals surface area contributed by atoms with Gasteiger partial charge in [-0.2, -0.15) is 15.5 Å². The number of hydrogen-bond donors (Lipinski definition) is 0. The third-order valence-corrected chi connectivity index (χ3v) is 7.59. The fraction of sp³-hybridized carbons (Fsp3) is 0.321. The van der Waals surface area contributed by atoms with Crippen molar-refractivity contribution < 1.29 is 4.79 Å². The van der Waals surface area contributed by atoms with Gasteiger partial charge in [-0.1, -0.05) is 13.0 Å². The van der Waals surface area contributed by atoms with Crippen molar-refractivity contribution in [1.29, 1.82) is 5.26 Å². The number of anilines is 1. The zero-order valence-electron chi connectivity index (χ0n) is 21.5. The van der Waals surface area contributed by atoms with Gasteiger partial charge in [0.2, 0.25) is 5.91 Å². The molecule has 2 unspecified atom stereocenters. The molecule has 4 aromatic rings. The van der Waals surface area contributed by atoms with E-state index >= 15 is 0 Å². The van der Waals surface area contributed by atoms with Crippen LogP contribution in [-0.2, 0) is 11.8 Å². The minimum Gasteiger partial charge on any atom is -0.343 e. The maximum absolute atomic E-state index is 12.6. The molecule has 0 saturated carbocycles. The second kappa shape index (κ2) is 9.43. The molecule has 2 fully saturated rings. The number of pyridine rings is 2. The number of rotatable bonds is 5. The van der Waals surface area contributed by atoms with E-state index in [9.17, 15) is 10.1 Å². The zero-order chi connectivity index (χ0) is 26.4. The largest absolute Gasteiger partial charge is 0.343 e. The summed E-state index contributed by atoms with van der Waals surface area (Å²) in [7, 11) is 1.88. The molecule has 192 valence electrons. The fourth-order valence-corrected chi connectivity index (χ4v) is 5.41. The van der Waals surface area contributed by atoms with Gasteiger partial charge in [0.15, 0.2) is 0 Å². The molecule has 2 aliphatic heterocycles. The minimum absolute atomic E-state index is 0.139. The summed E-state index contributed by atoms with van der Waals surface area (Å²) in [6.07, 6.45) is 11.8. The lowest BCUT2D eigenvalue weighted by molar-refractivity contribution is -0.133. The van der Waals surface area contributed by atoms with Crippen LogP contribution in [0.15, 0.2) is 61.8 Å². The lowest BCUT2D eigenvalue weighted by Crippen LogP contribution is -2.48. The highest BCUT2D eigenvalue weighted by atomic mass is 16.2. The van der Waals surface area contributed by atoms with Crippen LogP contribution in [0.1, 0.15) is 18.9 Å². The van der Waals surface area contributed by atoms with Crippen LogP contribution in [0.3, 0.4) is 0 Å². The first-order valence-corrected chi connectivity index (χ1v) is 12.7. The average molecular weight is 508 g/mol. The van der Waals surface area contributed by atoms with Crippen molar-refractivity contribution in [2.75, 3.05) is 31.3 Å². The fourth-order valence-electron chi connectivity index (χ4n) is 5.41. The molecule has 10 nitrogen and oxygen atoms in total. The van der Waals surface area contributed by atoms with E-state index in [0.717, 1.165) is 59.8 Å². The number of fused-ring (bicyclic) bond motifs is 2. The molecule has 0 aromatic carbocycles. The van der Waals surface area contributed by atoms with E-state index in [2.05, 4.69) is 44.8 Å². The van der Waals surface area contributed by atoms with Crippen LogP contribution in [0, 0.1) is 17.2 Å². The van der Waals surface area contributed by atoms with E-state index < -0.39 is 0 Å². The molecular formula is C28H29N9O. The number of aryl methyl sites for hydroxylation is 1. The SMILES string of the molecule is C=CC(C)C(=O)N1CC2CCN(c3ccc(-c4cc(-c5cnn(C)c5)cn5ncc(C#N)c45)cn3)CN2C1. The Bertz CT molecular complexity index is 1560. The third-order valence-electron chi connectivity index (χ3n) is 7.59. The predicted molar refractivity (Wildman–Crippen MR) is 144 cm³/mol. The number of carbonyl (C=O) groups is 1. The standard InChI is InChI=1S/C28H29N9O/c1-4-19(2)28(38)35-16-24-7-8-34(17-36(24)18-35)26-6-5-20(11-30-26)25-9-21(23-13-31-33(3)14-23)15-37-27(25)22(10-29)12-32-37/h4-6,9,11-15,19,24H,1,7-8,16-18H2,2-3H3. The Kier molecular flexibility index (Phi) is 5.93. The first-order chi connectivity index (χ1) is 18.4. The second-order valence-electron chi connectivity index (χ2n) is 10.1. The van der Waals surface area contributed by atoms with Gasteiger partial charge in [0.05, 0.1) is 42.7 Å². The van der Waals surface area contributed by atoms with Gasteiger partial charge >= 0.3 is 0 Å². The monoisotopic (exact) mass is 507 g/mol. The summed E-state index contributed by atoms with van der Waals surface area (Å²) in [6, 6.07) is 8.79. The molecule has 10 heteroatoms. The molecule has 1 amide bonds. The molecular weight excluding hydrogens is 478 g/mol. The van der Waals surface area contributed by atoms with Gasteiger partial charge in [-0.15, -0.1) is 6.58 Å². The number of carbonyl (C=O) groups excluding carboxylic acids is 1. The Morgan fingerprint density at radius 2 is 2.03 bits per heavy atom. The van der Waals surface area contributed by atoms with E-state index in [4.69, 9.17) is 4.98 Å². The molecule has 0 radical (unpaired) electrons. The normalized spacial score (nSPS) is 18.4. The molecule has 38 heavy (non-hydrogen) atoms. The smallest absolute Gasteiger partial charge is 0.230 e. The molecule has 0 spiro atoms. The van der Waals surface area contributed by atoms with E-state index in [1.807, 2.05) is 49.7 Å². The lowest BCUT2D eigenvalue weighted by Gasteiger charge is -2.37. The van der Waals surface area contributed by atoms with E-state index in [-0.39, 0.29) is 11.8 Å². The van der Waals surface area contributed by atoms with Crippen molar-refractivity contribution in [3.63, 3.8) is 0 Å². The molecule has 6 heterocycles. The van der Waals surface area contributed by atoms with Crippen molar-refractivity contribution in [3.8, 4) is 28.3 Å². The van der Waals surface area contributed by atoms with Gasteiger partial charge in [-0.05, 0) is 24.6 Å². The second-order valence-corrected chi connectivity index (χ2v) is 10.1. The number of hydrogen-bond acceptors (Lipinski definition) is 7. The van der Waals surface area contributed by atoms with Crippen molar-refractivity contribution in [2.24, 2.45) is 13.0 Å². The zero-order valence-corrected chi connectivity index (χ0v) is 21.5. The Hall–Kier alpha value is -4.49. The van der Waals surface area contributed by atoms with Crippen molar-refractivity contribution >= 4 is 17.2 Å². The summed E-state index contributed by atoms with van der Waals surface area (Å²) in [5.41, 5.74) is 5.00. The van der Waals surface area contributed by atoms with E-state index in [0.29, 0.717) is 18.3 Å². The molecule has 0 aliphatic carbocycles. The highest BCUT2D eigenvalue weighted by Crippen LogP contribution is 2.33. The van der Waals surface area contributed by atoms with Gasteiger partial charge in [-0.3, -0.25) is 14.4 Å². The molecule has 2 saturated heterocycles. The van der Waals surface area contributed by atoms with Crippen LogP contribution in [-0.4, -0.2) is 72.6 Å². The summed E-state index contributed by atoms with van der Waals surface area (Å²) in [5.74, 6) is 0.867. The predicted octanol–water partition coefficient (Wildman–Crippen LogP) is 3.13. The summed E-state index contributed by atoms with van der Waals surface area (Å²) in [6.45, 7) is 8.68. The van der Waals surface area contributed by atoms with Crippen LogP contribution in [0.5, 0.6) is 0 Å². The minimum atomic E-state index is -0.165. The molecule has 6 rings (SSSR count). The Morgan fingerprint density at radius 3 is 2.74 bits per heavy atom. The van der Waals surface area contributed by atoms with Gasteiger partial charge < -0.3 is 9.80 Å². The van der Waals surface area contributed by atoms with Crippen LogP contribution in [0.4, 0.5) is 5.82 Å². The third kappa shape index (κ3) is 4.11. The van der Waals surface area contributed by atoms with Gasteiger partial charge in [0, 0.05) is 67.0 Å². The molecule has 0 bridgehead atoms. The quantitative estimate of drug-likeness (QED) is 0.383. The maximum atomic E-state index is 12.6. The summed E-state index contributed by atoms with van der Waals surface area (Å²) < 4.78 is 3.51. The average Bonchev–Trinajstić information content (AvgIpc) is 3.69. The van der Waals surface area contributed by atoms with Gasteiger partial charge in [-0.25, -0.2) is 9.50 Å². The first kappa shape index (κ1) is 23.9. The summed E-state index contributed by atoms with van der Waals surface area (Å²) >= 11 is 0. The molecule has 2 aliphatic rings. The molecule has 2 atom stereocenters. The number of aromatic nitrogens is 5. The van der Waals surface area contributed by atoms with Crippen molar-refractivity contribution in [3.05, 3.63) is 67.4 Å². The molecule has 4 aromatic heterocycles. The van der Waals surface area contributed by atoms with Crippen molar-refractivity contribution in [1.82, 2.24) is 34.2 Å². The van der Waals surface area contributed by atoms with Crippen molar-refractivity contribution in [2.45, 2.75) is 19.4 Å². The summed E-state index contributed by atoms with van der Waals surface area (Å²) in [5, 5.41) is 18.4. The van der Waals surface area contributed by atoms with Crippen LogP contribution < -0.4 is 4.90 Å². The van der Waals surface area contributed by atoms with Gasteiger partial charge in [0.1, 0.15) is 11.9 Å². The molecule has 0 N–H and O–H groups in total. The van der Waals surface area contributed by atoms with Crippen LogP contribution in [0.2, 0.25) is 0 Å². The number of nitriles is 1. The Balaban J connectivity index is 1.27. The topological polar surface area (TPSA) is 98.6 Å². The number of nitrogens with zero attached hydrogens (tertiary/aromatic N) is 9. The van der Waals surface area contributed by atoms with Crippen LogP contribution in [0.25, 0.3) is 27.8 Å². The first-order valence-electron chi connectivity index (χ1n) is 12.7. The highest BCUT2D eigenvalue weighted by Gasteiger charge is 2.37. The Morgan fingerprint density at radius 1 is 1.16 bits per heavy atom. The Labute approximate surface area is 221 Å². The summed E-state index contributed by atoms with van der Waals surface area (Å²) in [4.78, 5) is 24.0. The lowest BCUT2D eigenvalue weighted by atomic mass is 10.0. The van der Waals surface area contributed by atoms with E-state index in [1.54, 1.807) is 21.5 Å². The van der Waals surface area contributed by atoms with Crippen LogP contribution >= 0.6 is 0 Å². The highest BCUT2D eigenvalue weighted by molar-refractivity contribution is 5.87.